The SMILES string of the molecule is CCCCCCCCCCCCCCCCCCN(CCCCCCCCCCCCCCCCCC)CCCCCCCCCCCCOP(O)O. The Balaban J connectivity index is 3.94. The Labute approximate surface area is 336 Å². The third-order valence-electron chi connectivity index (χ3n) is 11.7. The fourth-order valence-electron chi connectivity index (χ4n) is 8.10. The van der Waals surface area contributed by atoms with Crippen molar-refractivity contribution in [3.8, 4) is 0 Å². The van der Waals surface area contributed by atoms with E-state index in [0.29, 0.717) is 6.61 Å². The van der Waals surface area contributed by atoms with Crippen molar-refractivity contribution in [3.63, 3.8) is 0 Å². The van der Waals surface area contributed by atoms with Crippen molar-refractivity contribution >= 4 is 8.60 Å². The van der Waals surface area contributed by atoms with E-state index in [1.54, 1.807) is 0 Å². The van der Waals surface area contributed by atoms with Gasteiger partial charge in [-0.2, -0.15) is 0 Å². The molecule has 0 saturated carbocycles. The standard InChI is InChI=1S/C48H100NO3P/c1-3-5-7-9-11-13-15-17-19-21-23-25-29-33-37-41-45-49(47-43-39-35-31-27-28-32-36-40-44-48-52-53(50)51)46-42-38-34-30-26-24-22-20-18-16-14-12-10-8-6-4-2/h50-51H,3-48H2,1-2H3. The third kappa shape index (κ3) is 48.3. The zero-order valence-electron chi connectivity index (χ0n) is 36.7. The normalized spacial score (nSPS) is 11.9. The van der Waals surface area contributed by atoms with Crippen molar-refractivity contribution in [2.24, 2.45) is 0 Å². The summed E-state index contributed by atoms with van der Waals surface area (Å²) in [5.41, 5.74) is 0. The molecule has 53 heavy (non-hydrogen) atoms. The largest absolute Gasteiger partial charge is 0.328 e. The van der Waals surface area contributed by atoms with Crippen LogP contribution in [0.3, 0.4) is 0 Å². The van der Waals surface area contributed by atoms with Gasteiger partial charge in [-0.25, -0.2) is 0 Å². The Morgan fingerprint density at radius 1 is 0.283 bits per heavy atom. The van der Waals surface area contributed by atoms with E-state index in [0.717, 1.165) is 12.8 Å². The van der Waals surface area contributed by atoms with Crippen molar-refractivity contribution in [3.05, 3.63) is 0 Å². The van der Waals surface area contributed by atoms with Gasteiger partial charge >= 0.3 is 8.60 Å². The van der Waals surface area contributed by atoms with Gasteiger partial charge in [0, 0.05) is 0 Å². The topological polar surface area (TPSA) is 52.9 Å². The van der Waals surface area contributed by atoms with Gasteiger partial charge in [0.05, 0.1) is 6.61 Å². The highest BCUT2D eigenvalue weighted by atomic mass is 31.2. The molecule has 320 valence electrons. The molecule has 0 saturated heterocycles. The maximum Gasteiger partial charge on any atom is 0.327 e. The summed E-state index contributed by atoms with van der Waals surface area (Å²) in [7, 11) is -2.17. The number of hydrogen-bond donors (Lipinski definition) is 2. The molecule has 0 aliphatic carbocycles. The van der Waals surface area contributed by atoms with E-state index in [9.17, 15) is 0 Å². The highest BCUT2D eigenvalue weighted by molar-refractivity contribution is 7.39. The van der Waals surface area contributed by atoms with E-state index in [4.69, 9.17) is 14.3 Å². The molecule has 0 spiro atoms. The molecule has 0 fully saturated rings. The van der Waals surface area contributed by atoms with Gasteiger partial charge in [0.2, 0.25) is 0 Å². The molecule has 0 radical (unpaired) electrons. The number of rotatable bonds is 48. The lowest BCUT2D eigenvalue weighted by Gasteiger charge is -2.22. The maximum atomic E-state index is 8.80. The number of unbranched alkanes of at least 4 members (excludes halogenated alkanes) is 39. The van der Waals surface area contributed by atoms with Crippen LogP contribution in [0.1, 0.15) is 284 Å². The molecule has 0 atom stereocenters. The van der Waals surface area contributed by atoms with Gasteiger partial charge in [-0.1, -0.05) is 258 Å². The van der Waals surface area contributed by atoms with E-state index < -0.39 is 8.60 Å². The molecule has 0 aromatic carbocycles. The highest BCUT2D eigenvalue weighted by Gasteiger charge is 2.06. The van der Waals surface area contributed by atoms with Crippen LogP contribution in [0.15, 0.2) is 0 Å². The first-order chi connectivity index (χ1) is 26.2. The molecular weight excluding hydrogens is 670 g/mol. The monoisotopic (exact) mass is 770 g/mol. The van der Waals surface area contributed by atoms with Crippen LogP contribution in [0.25, 0.3) is 0 Å². The molecular formula is C48H100NO3P. The van der Waals surface area contributed by atoms with Crippen LogP contribution in [0.2, 0.25) is 0 Å². The molecule has 0 unspecified atom stereocenters. The Bertz CT molecular complexity index is 600. The minimum Gasteiger partial charge on any atom is -0.328 e. The minimum absolute atomic E-state index is 0.481. The number of hydrogen-bond acceptors (Lipinski definition) is 4. The summed E-state index contributed by atoms with van der Waals surface area (Å²) < 4.78 is 4.85. The highest BCUT2D eigenvalue weighted by Crippen LogP contribution is 2.24. The Morgan fingerprint density at radius 2 is 0.472 bits per heavy atom. The Hall–Kier alpha value is 0.270. The minimum atomic E-state index is -2.17. The fraction of sp³-hybridized carbons (Fsp3) is 1.00. The molecule has 2 N–H and O–H groups in total. The summed E-state index contributed by atoms with van der Waals surface area (Å²) in [5.74, 6) is 0. The molecule has 0 aliphatic heterocycles. The summed E-state index contributed by atoms with van der Waals surface area (Å²) in [4.78, 5) is 20.4. The summed E-state index contributed by atoms with van der Waals surface area (Å²) in [5, 5.41) is 0. The molecule has 4 nitrogen and oxygen atoms in total. The van der Waals surface area contributed by atoms with Crippen molar-refractivity contribution < 1.29 is 14.3 Å². The molecule has 0 rings (SSSR count). The van der Waals surface area contributed by atoms with Gasteiger partial charge in [-0.05, 0) is 45.3 Å². The van der Waals surface area contributed by atoms with E-state index in [1.807, 2.05) is 0 Å². The van der Waals surface area contributed by atoms with Crippen molar-refractivity contribution in [1.29, 1.82) is 0 Å². The van der Waals surface area contributed by atoms with E-state index in [2.05, 4.69) is 18.7 Å². The second-order valence-corrected chi connectivity index (χ2v) is 17.8. The Kier molecular flexibility index (Phi) is 48.7. The summed E-state index contributed by atoms with van der Waals surface area (Å²) in [6, 6.07) is 0. The molecule has 0 amide bonds. The maximum absolute atomic E-state index is 8.80. The first-order valence-corrected chi connectivity index (χ1v) is 25.9. The van der Waals surface area contributed by atoms with Gasteiger partial charge < -0.3 is 19.2 Å². The van der Waals surface area contributed by atoms with E-state index in [-0.39, 0.29) is 0 Å². The quantitative estimate of drug-likeness (QED) is 0.0478. The second-order valence-electron chi connectivity index (χ2n) is 17.1. The van der Waals surface area contributed by atoms with Crippen LogP contribution < -0.4 is 0 Å². The first-order valence-electron chi connectivity index (χ1n) is 24.7. The average molecular weight is 770 g/mol. The predicted octanol–water partition coefficient (Wildman–Crippen LogP) is 16.9. The molecule has 0 bridgehead atoms. The first kappa shape index (κ1) is 53.3. The fourth-order valence-corrected chi connectivity index (χ4v) is 8.39. The zero-order chi connectivity index (χ0) is 38.4. The van der Waals surface area contributed by atoms with Gasteiger partial charge in [0.15, 0.2) is 0 Å². The number of nitrogens with zero attached hydrogens (tertiary/aromatic N) is 1. The lowest BCUT2D eigenvalue weighted by atomic mass is 10.0. The lowest BCUT2D eigenvalue weighted by Crippen LogP contribution is -2.27. The average Bonchev–Trinajstić information content (AvgIpc) is 3.15. The smallest absolute Gasteiger partial charge is 0.327 e. The van der Waals surface area contributed by atoms with Gasteiger partial charge in [0.1, 0.15) is 0 Å². The van der Waals surface area contributed by atoms with Gasteiger partial charge in [-0.15, -0.1) is 0 Å². The summed E-state index contributed by atoms with van der Waals surface area (Å²) in [6.45, 7) is 9.09. The predicted molar refractivity (Wildman–Crippen MR) is 239 cm³/mol. The second kappa shape index (κ2) is 48.4. The van der Waals surface area contributed by atoms with Crippen LogP contribution >= 0.6 is 8.60 Å². The van der Waals surface area contributed by atoms with Crippen LogP contribution in [0.4, 0.5) is 0 Å². The van der Waals surface area contributed by atoms with E-state index in [1.165, 1.54) is 276 Å². The summed E-state index contributed by atoms with van der Waals surface area (Å²) >= 11 is 0. The molecule has 0 aliphatic rings. The zero-order valence-corrected chi connectivity index (χ0v) is 37.6. The summed E-state index contributed by atoms with van der Waals surface area (Å²) in [6.07, 6.45) is 59.4. The van der Waals surface area contributed by atoms with Crippen molar-refractivity contribution in [2.75, 3.05) is 26.2 Å². The van der Waals surface area contributed by atoms with E-state index >= 15 is 0 Å². The van der Waals surface area contributed by atoms with Crippen molar-refractivity contribution in [2.45, 2.75) is 284 Å². The molecule has 5 heteroatoms. The lowest BCUT2D eigenvalue weighted by molar-refractivity contribution is 0.248. The Morgan fingerprint density at radius 3 is 0.679 bits per heavy atom. The van der Waals surface area contributed by atoms with Gasteiger partial charge in [0.25, 0.3) is 0 Å². The van der Waals surface area contributed by atoms with Gasteiger partial charge in [-0.3, -0.25) is 0 Å². The third-order valence-corrected chi connectivity index (χ3v) is 12.1. The van der Waals surface area contributed by atoms with Crippen LogP contribution in [0, 0.1) is 0 Å². The molecule has 0 aromatic rings. The van der Waals surface area contributed by atoms with Crippen LogP contribution in [0.5, 0.6) is 0 Å². The van der Waals surface area contributed by atoms with Crippen LogP contribution in [-0.2, 0) is 4.52 Å². The molecule has 0 aromatic heterocycles. The van der Waals surface area contributed by atoms with Crippen molar-refractivity contribution in [1.82, 2.24) is 4.90 Å². The van der Waals surface area contributed by atoms with Crippen LogP contribution in [-0.4, -0.2) is 40.9 Å². The molecule has 0 heterocycles.